The zero-order valence-corrected chi connectivity index (χ0v) is 9.03. The van der Waals surface area contributed by atoms with Gasteiger partial charge in [-0.2, -0.15) is 0 Å². The lowest BCUT2D eigenvalue weighted by atomic mass is 9.94. The molecular weight excluding hydrogens is 194 g/mol. The number of carbonyl (C=O) groups excluding carboxylic acids is 1. The Morgan fingerprint density at radius 1 is 1.43 bits per heavy atom. The third-order valence-electron chi connectivity index (χ3n) is 2.73. The number of carbonyl (C=O) groups is 1. The predicted octanol–water partition coefficient (Wildman–Crippen LogP) is 2.16. The predicted molar refractivity (Wildman–Crippen MR) is 59.0 cm³/mol. The van der Waals surface area contributed by atoms with Crippen molar-refractivity contribution in [2.45, 2.75) is 32.1 Å². The standard InChI is InChI=1S/C11H15NOS/c12-6-5-10(13)9-7-14-11-4-2-1-3-8(9)11/h7H,1-6,12H2. The Morgan fingerprint density at radius 3 is 3.00 bits per heavy atom. The van der Waals surface area contributed by atoms with Crippen LogP contribution in [0.1, 0.15) is 40.1 Å². The summed E-state index contributed by atoms with van der Waals surface area (Å²) in [4.78, 5) is 13.1. The second-order valence-electron chi connectivity index (χ2n) is 3.72. The van der Waals surface area contributed by atoms with Crippen LogP contribution in [0.5, 0.6) is 0 Å². The van der Waals surface area contributed by atoms with Crippen LogP contribution in [0.15, 0.2) is 5.38 Å². The molecule has 76 valence electrons. The number of hydrogen-bond donors (Lipinski definition) is 1. The fraction of sp³-hybridized carbons (Fsp3) is 0.545. The molecule has 0 amide bonds. The fourth-order valence-corrected chi connectivity index (χ4v) is 3.14. The Morgan fingerprint density at radius 2 is 2.21 bits per heavy atom. The minimum atomic E-state index is 0.229. The van der Waals surface area contributed by atoms with E-state index in [0.717, 1.165) is 18.4 Å². The SMILES string of the molecule is NCCC(=O)c1csc2c1CCCC2. The van der Waals surface area contributed by atoms with Gasteiger partial charge in [0, 0.05) is 22.2 Å². The molecule has 2 nitrogen and oxygen atoms in total. The lowest BCUT2D eigenvalue weighted by Gasteiger charge is -2.11. The van der Waals surface area contributed by atoms with Crippen molar-refractivity contribution in [3.05, 3.63) is 21.4 Å². The molecule has 0 saturated heterocycles. The van der Waals surface area contributed by atoms with E-state index in [-0.39, 0.29) is 5.78 Å². The number of rotatable bonds is 3. The molecule has 0 aliphatic heterocycles. The Labute approximate surface area is 88.1 Å². The molecule has 0 atom stereocenters. The minimum absolute atomic E-state index is 0.229. The summed E-state index contributed by atoms with van der Waals surface area (Å²) >= 11 is 1.74. The smallest absolute Gasteiger partial charge is 0.165 e. The van der Waals surface area contributed by atoms with E-state index in [1.165, 1.54) is 23.3 Å². The fourth-order valence-electron chi connectivity index (χ4n) is 1.99. The molecule has 14 heavy (non-hydrogen) atoms. The number of aryl methyl sites for hydroxylation is 1. The van der Waals surface area contributed by atoms with Crippen molar-refractivity contribution in [1.29, 1.82) is 0 Å². The zero-order valence-electron chi connectivity index (χ0n) is 8.21. The zero-order chi connectivity index (χ0) is 9.97. The summed E-state index contributed by atoms with van der Waals surface area (Å²) in [5.74, 6) is 0.229. The summed E-state index contributed by atoms with van der Waals surface area (Å²) in [7, 11) is 0. The van der Waals surface area contributed by atoms with Crippen molar-refractivity contribution < 1.29 is 4.79 Å². The van der Waals surface area contributed by atoms with Gasteiger partial charge in [-0.15, -0.1) is 11.3 Å². The molecule has 0 unspecified atom stereocenters. The van der Waals surface area contributed by atoms with Gasteiger partial charge < -0.3 is 5.73 Å². The highest BCUT2D eigenvalue weighted by atomic mass is 32.1. The molecule has 1 heterocycles. The van der Waals surface area contributed by atoms with Crippen molar-refractivity contribution in [3.63, 3.8) is 0 Å². The topological polar surface area (TPSA) is 43.1 Å². The van der Waals surface area contributed by atoms with Gasteiger partial charge in [-0.05, 0) is 37.8 Å². The van der Waals surface area contributed by atoms with Crippen LogP contribution in [0, 0.1) is 0 Å². The van der Waals surface area contributed by atoms with Crippen molar-refractivity contribution in [2.75, 3.05) is 6.54 Å². The molecular formula is C11H15NOS. The van der Waals surface area contributed by atoms with Gasteiger partial charge >= 0.3 is 0 Å². The van der Waals surface area contributed by atoms with Gasteiger partial charge in [0.2, 0.25) is 0 Å². The second kappa shape index (κ2) is 4.24. The molecule has 3 heteroatoms. The third-order valence-corrected chi connectivity index (χ3v) is 3.82. The monoisotopic (exact) mass is 209 g/mol. The largest absolute Gasteiger partial charge is 0.330 e. The highest BCUT2D eigenvalue weighted by Gasteiger charge is 2.19. The van der Waals surface area contributed by atoms with Gasteiger partial charge in [-0.1, -0.05) is 0 Å². The molecule has 0 bridgehead atoms. The molecule has 1 aliphatic carbocycles. The van der Waals surface area contributed by atoms with E-state index in [1.807, 2.05) is 5.38 Å². The average Bonchev–Trinajstić information content (AvgIpc) is 2.61. The van der Waals surface area contributed by atoms with Crippen LogP contribution in [0.3, 0.4) is 0 Å². The van der Waals surface area contributed by atoms with Crippen molar-refractivity contribution in [1.82, 2.24) is 0 Å². The lowest BCUT2D eigenvalue weighted by molar-refractivity contribution is 0.0985. The number of nitrogens with two attached hydrogens (primary N) is 1. The van der Waals surface area contributed by atoms with Gasteiger partial charge in [0.15, 0.2) is 5.78 Å². The van der Waals surface area contributed by atoms with E-state index in [9.17, 15) is 4.79 Å². The lowest BCUT2D eigenvalue weighted by Crippen LogP contribution is -2.10. The summed E-state index contributed by atoms with van der Waals surface area (Å²) in [5.41, 5.74) is 7.67. The van der Waals surface area contributed by atoms with Crippen LogP contribution in [0.2, 0.25) is 0 Å². The maximum Gasteiger partial charge on any atom is 0.165 e. The van der Waals surface area contributed by atoms with E-state index < -0.39 is 0 Å². The normalized spacial score (nSPS) is 15.2. The van der Waals surface area contributed by atoms with Gasteiger partial charge in [0.05, 0.1) is 0 Å². The summed E-state index contributed by atoms with van der Waals surface area (Å²) < 4.78 is 0. The van der Waals surface area contributed by atoms with Gasteiger partial charge in [0.1, 0.15) is 0 Å². The molecule has 0 aromatic carbocycles. The molecule has 0 fully saturated rings. The number of Topliss-reactive ketones (excluding diaryl/α,β-unsaturated/α-hetero) is 1. The average molecular weight is 209 g/mol. The van der Waals surface area contributed by atoms with Crippen LogP contribution in [0.4, 0.5) is 0 Å². The number of thiophene rings is 1. The molecule has 0 spiro atoms. The molecule has 0 radical (unpaired) electrons. The van der Waals surface area contributed by atoms with E-state index >= 15 is 0 Å². The van der Waals surface area contributed by atoms with Gasteiger partial charge in [0.25, 0.3) is 0 Å². The first-order chi connectivity index (χ1) is 6.83. The Balaban J connectivity index is 2.25. The molecule has 1 aromatic rings. The maximum absolute atomic E-state index is 11.7. The quantitative estimate of drug-likeness (QED) is 0.775. The Hall–Kier alpha value is -0.670. The summed E-state index contributed by atoms with van der Waals surface area (Å²) in [5, 5.41) is 2.02. The highest BCUT2D eigenvalue weighted by molar-refractivity contribution is 7.10. The van der Waals surface area contributed by atoms with Crippen molar-refractivity contribution in [2.24, 2.45) is 5.73 Å². The van der Waals surface area contributed by atoms with Gasteiger partial charge in [-0.3, -0.25) is 4.79 Å². The molecule has 2 rings (SSSR count). The summed E-state index contributed by atoms with van der Waals surface area (Å²) in [6.07, 6.45) is 5.24. The third kappa shape index (κ3) is 1.74. The van der Waals surface area contributed by atoms with Gasteiger partial charge in [-0.25, -0.2) is 0 Å². The first-order valence-electron chi connectivity index (χ1n) is 5.15. The minimum Gasteiger partial charge on any atom is -0.330 e. The summed E-state index contributed by atoms with van der Waals surface area (Å²) in [6.45, 7) is 0.462. The van der Waals surface area contributed by atoms with E-state index in [0.29, 0.717) is 13.0 Å². The van der Waals surface area contributed by atoms with E-state index in [4.69, 9.17) is 5.73 Å². The van der Waals surface area contributed by atoms with Crippen LogP contribution >= 0.6 is 11.3 Å². The number of hydrogen-bond acceptors (Lipinski definition) is 3. The maximum atomic E-state index is 11.7. The van der Waals surface area contributed by atoms with Crippen LogP contribution in [-0.2, 0) is 12.8 Å². The summed E-state index contributed by atoms with van der Waals surface area (Å²) in [6, 6.07) is 0. The van der Waals surface area contributed by atoms with Crippen molar-refractivity contribution >= 4 is 17.1 Å². The molecule has 1 aliphatic rings. The van der Waals surface area contributed by atoms with Crippen molar-refractivity contribution in [3.8, 4) is 0 Å². The first kappa shape index (κ1) is 9.87. The molecule has 2 N–H and O–H groups in total. The number of fused-ring (bicyclic) bond motifs is 1. The molecule has 1 aromatic heterocycles. The van der Waals surface area contributed by atoms with E-state index in [2.05, 4.69) is 0 Å². The molecule has 0 saturated carbocycles. The Kier molecular flexibility index (Phi) is 2.99. The second-order valence-corrected chi connectivity index (χ2v) is 4.68. The van der Waals surface area contributed by atoms with Crippen LogP contribution < -0.4 is 5.73 Å². The number of ketones is 1. The first-order valence-corrected chi connectivity index (χ1v) is 6.03. The van der Waals surface area contributed by atoms with E-state index in [1.54, 1.807) is 11.3 Å². The van der Waals surface area contributed by atoms with Crippen LogP contribution in [-0.4, -0.2) is 12.3 Å². The van der Waals surface area contributed by atoms with Crippen LogP contribution in [0.25, 0.3) is 0 Å². The Bertz CT molecular complexity index is 343. The highest BCUT2D eigenvalue weighted by Crippen LogP contribution is 2.30.